The van der Waals surface area contributed by atoms with Crippen molar-refractivity contribution < 1.29 is 14.3 Å². The van der Waals surface area contributed by atoms with Gasteiger partial charge in [0.15, 0.2) is 17.3 Å². The van der Waals surface area contributed by atoms with E-state index in [0.29, 0.717) is 23.5 Å². The van der Waals surface area contributed by atoms with E-state index in [1.165, 1.54) is 0 Å². The molecule has 2 aromatic rings. The maximum atomic E-state index is 12.2. The molecule has 0 bridgehead atoms. The molecule has 0 atom stereocenters. The Morgan fingerprint density at radius 1 is 1.26 bits per heavy atom. The van der Waals surface area contributed by atoms with Gasteiger partial charge in [-0.15, -0.1) is 0 Å². The molecule has 2 heterocycles. The smallest absolute Gasteiger partial charge is 0.231 e. The van der Waals surface area contributed by atoms with Crippen LogP contribution in [0.3, 0.4) is 0 Å². The van der Waals surface area contributed by atoms with Crippen molar-refractivity contribution in [3.8, 4) is 11.5 Å². The highest BCUT2D eigenvalue weighted by Crippen LogP contribution is 2.32. The first-order valence-corrected chi connectivity index (χ1v) is 6.07. The van der Waals surface area contributed by atoms with Gasteiger partial charge in [-0.1, -0.05) is 6.07 Å². The molecule has 3 rings (SSSR count). The Balaban J connectivity index is 1.83. The number of Topliss-reactive ketones (excluding diaryl/α,β-unsaturated/α-hetero) is 1. The Morgan fingerprint density at radius 2 is 2.11 bits per heavy atom. The molecule has 4 nitrogen and oxygen atoms in total. The molecule has 4 heteroatoms. The van der Waals surface area contributed by atoms with Crippen LogP contribution in [0.4, 0.5) is 0 Å². The number of hydrogen-bond donors (Lipinski definition) is 0. The van der Waals surface area contributed by atoms with Gasteiger partial charge < -0.3 is 9.47 Å². The van der Waals surface area contributed by atoms with Crippen molar-refractivity contribution in [1.29, 1.82) is 0 Å². The van der Waals surface area contributed by atoms with E-state index < -0.39 is 0 Å². The maximum absolute atomic E-state index is 12.2. The van der Waals surface area contributed by atoms with Crippen LogP contribution in [0.1, 0.15) is 21.6 Å². The molecule has 1 aliphatic rings. The minimum absolute atomic E-state index is 0.0279. The quantitative estimate of drug-likeness (QED) is 0.791. The average Bonchev–Trinajstić information content (AvgIpc) is 2.88. The summed E-state index contributed by atoms with van der Waals surface area (Å²) in [6.07, 6.45) is 2.00. The number of nitrogens with zero attached hydrogens (tertiary/aromatic N) is 1. The van der Waals surface area contributed by atoms with Crippen molar-refractivity contribution in [1.82, 2.24) is 4.98 Å². The molecule has 1 aliphatic heterocycles. The fraction of sp³-hybridized carbons (Fsp3) is 0.200. The first-order chi connectivity index (χ1) is 9.24. The zero-order valence-electron chi connectivity index (χ0n) is 10.6. The third-order valence-electron chi connectivity index (χ3n) is 3.14. The number of pyridine rings is 1. The van der Waals surface area contributed by atoms with Crippen LogP contribution in [0.25, 0.3) is 0 Å². The van der Waals surface area contributed by atoms with Crippen LogP contribution in [0, 0.1) is 6.92 Å². The number of ether oxygens (including phenoxy) is 2. The van der Waals surface area contributed by atoms with Crippen molar-refractivity contribution >= 4 is 5.78 Å². The number of ketones is 1. The van der Waals surface area contributed by atoms with Gasteiger partial charge in [-0.25, -0.2) is 0 Å². The number of fused-ring (bicyclic) bond motifs is 1. The van der Waals surface area contributed by atoms with E-state index in [2.05, 4.69) is 4.98 Å². The van der Waals surface area contributed by atoms with Gasteiger partial charge in [0.1, 0.15) is 0 Å². The summed E-state index contributed by atoms with van der Waals surface area (Å²) in [6, 6.07) is 9.07. The summed E-state index contributed by atoms with van der Waals surface area (Å²) >= 11 is 0. The fourth-order valence-corrected chi connectivity index (χ4v) is 2.03. The van der Waals surface area contributed by atoms with Gasteiger partial charge in [-0.3, -0.25) is 9.78 Å². The fourth-order valence-electron chi connectivity index (χ4n) is 2.03. The van der Waals surface area contributed by atoms with Crippen molar-refractivity contribution in [3.63, 3.8) is 0 Å². The molecule has 0 saturated carbocycles. The van der Waals surface area contributed by atoms with E-state index in [-0.39, 0.29) is 12.6 Å². The van der Waals surface area contributed by atoms with Gasteiger partial charge in [-0.2, -0.15) is 0 Å². The van der Waals surface area contributed by atoms with Crippen LogP contribution in [0.2, 0.25) is 0 Å². The van der Waals surface area contributed by atoms with Crippen molar-refractivity contribution in [3.05, 3.63) is 53.3 Å². The van der Waals surface area contributed by atoms with E-state index in [1.807, 2.05) is 19.1 Å². The van der Waals surface area contributed by atoms with Crippen molar-refractivity contribution in [2.45, 2.75) is 13.3 Å². The normalized spacial score (nSPS) is 12.5. The second kappa shape index (κ2) is 4.72. The summed E-state index contributed by atoms with van der Waals surface area (Å²) in [5.41, 5.74) is 2.45. The number of carbonyl (C=O) groups excluding carboxylic acids is 1. The first kappa shape index (κ1) is 11.7. The molecule has 0 N–H and O–H groups in total. The van der Waals surface area contributed by atoms with Crippen LogP contribution in [0.15, 0.2) is 36.5 Å². The molecule has 0 spiro atoms. The lowest BCUT2D eigenvalue weighted by atomic mass is 10.0. The van der Waals surface area contributed by atoms with Gasteiger partial charge in [0, 0.05) is 11.8 Å². The van der Waals surface area contributed by atoms with Gasteiger partial charge in [0.25, 0.3) is 0 Å². The standard InChI is InChI=1S/C15H13NO3/c1-10-3-2-6-16-12(10)8-13(17)11-4-5-14-15(7-11)19-9-18-14/h2-7H,8-9H2,1H3. The van der Waals surface area contributed by atoms with E-state index in [1.54, 1.807) is 24.4 Å². The largest absolute Gasteiger partial charge is 0.454 e. The highest BCUT2D eigenvalue weighted by Gasteiger charge is 2.17. The molecular weight excluding hydrogens is 242 g/mol. The third kappa shape index (κ3) is 2.29. The van der Waals surface area contributed by atoms with E-state index in [4.69, 9.17) is 9.47 Å². The van der Waals surface area contributed by atoms with Crippen molar-refractivity contribution in [2.75, 3.05) is 6.79 Å². The zero-order chi connectivity index (χ0) is 13.2. The lowest BCUT2D eigenvalue weighted by Gasteiger charge is -2.04. The average molecular weight is 255 g/mol. The Kier molecular flexibility index (Phi) is 2.91. The maximum Gasteiger partial charge on any atom is 0.231 e. The lowest BCUT2D eigenvalue weighted by molar-refractivity contribution is 0.0991. The molecule has 0 saturated heterocycles. The van der Waals surface area contributed by atoms with E-state index in [0.717, 1.165) is 11.3 Å². The number of aryl methyl sites for hydroxylation is 1. The lowest BCUT2D eigenvalue weighted by Crippen LogP contribution is -2.06. The minimum Gasteiger partial charge on any atom is -0.454 e. The molecule has 0 aliphatic carbocycles. The summed E-state index contributed by atoms with van der Waals surface area (Å²) < 4.78 is 10.5. The molecule has 0 radical (unpaired) electrons. The highest BCUT2D eigenvalue weighted by molar-refractivity contribution is 5.98. The topological polar surface area (TPSA) is 48.4 Å². The SMILES string of the molecule is Cc1cccnc1CC(=O)c1ccc2c(c1)OCO2. The summed E-state index contributed by atoms with van der Waals surface area (Å²) in [7, 11) is 0. The summed E-state index contributed by atoms with van der Waals surface area (Å²) in [6.45, 7) is 2.17. The number of carbonyl (C=O) groups is 1. The van der Waals surface area contributed by atoms with Crippen LogP contribution in [-0.2, 0) is 6.42 Å². The van der Waals surface area contributed by atoms with Crippen LogP contribution in [-0.4, -0.2) is 17.6 Å². The summed E-state index contributed by atoms with van der Waals surface area (Å²) in [4.78, 5) is 16.5. The number of aromatic nitrogens is 1. The Hall–Kier alpha value is -2.36. The molecule has 1 aromatic carbocycles. The summed E-state index contributed by atoms with van der Waals surface area (Å²) in [5.74, 6) is 1.34. The number of rotatable bonds is 3. The predicted octanol–water partition coefficient (Wildman–Crippen LogP) is 2.54. The molecule has 0 amide bonds. The minimum atomic E-state index is 0.0279. The van der Waals surface area contributed by atoms with E-state index >= 15 is 0 Å². The van der Waals surface area contributed by atoms with E-state index in [9.17, 15) is 4.79 Å². The Bertz CT molecular complexity index is 637. The molecule has 19 heavy (non-hydrogen) atoms. The molecule has 1 aromatic heterocycles. The van der Waals surface area contributed by atoms with Gasteiger partial charge >= 0.3 is 0 Å². The second-order valence-corrected chi connectivity index (χ2v) is 4.43. The monoisotopic (exact) mass is 255 g/mol. The van der Waals surface area contributed by atoms with Crippen LogP contribution in [0.5, 0.6) is 11.5 Å². The van der Waals surface area contributed by atoms with Gasteiger partial charge in [0.05, 0.1) is 12.1 Å². The van der Waals surface area contributed by atoms with Crippen molar-refractivity contribution in [2.24, 2.45) is 0 Å². The summed E-state index contributed by atoms with van der Waals surface area (Å²) in [5, 5.41) is 0. The van der Waals surface area contributed by atoms with Gasteiger partial charge in [-0.05, 0) is 36.8 Å². The molecular formula is C15H13NO3. The zero-order valence-corrected chi connectivity index (χ0v) is 10.6. The predicted molar refractivity (Wildman–Crippen MR) is 69.6 cm³/mol. The molecule has 0 fully saturated rings. The second-order valence-electron chi connectivity index (χ2n) is 4.43. The van der Waals surface area contributed by atoms with Crippen LogP contribution >= 0.6 is 0 Å². The van der Waals surface area contributed by atoms with Crippen LogP contribution < -0.4 is 9.47 Å². The number of benzene rings is 1. The molecule has 96 valence electrons. The number of hydrogen-bond acceptors (Lipinski definition) is 4. The Labute approximate surface area is 111 Å². The molecule has 0 unspecified atom stereocenters. The van der Waals surface area contributed by atoms with Gasteiger partial charge in [0.2, 0.25) is 6.79 Å². The Morgan fingerprint density at radius 3 is 2.95 bits per heavy atom. The first-order valence-electron chi connectivity index (χ1n) is 6.07. The highest BCUT2D eigenvalue weighted by atomic mass is 16.7. The third-order valence-corrected chi connectivity index (χ3v) is 3.14.